The zero-order valence-electron chi connectivity index (χ0n) is 9.46. The highest BCUT2D eigenvalue weighted by Gasteiger charge is 2.43. The fourth-order valence-electron chi connectivity index (χ4n) is 2.16. The lowest BCUT2D eigenvalue weighted by Gasteiger charge is -2.16. The molecule has 1 aromatic heterocycles. The van der Waals surface area contributed by atoms with Gasteiger partial charge in [0.15, 0.2) is 0 Å². The second kappa shape index (κ2) is 3.45. The van der Waals surface area contributed by atoms with Gasteiger partial charge in [-0.25, -0.2) is 0 Å². The van der Waals surface area contributed by atoms with Crippen molar-refractivity contribution < 1.29 is 13.2 Å². The molecule has 0 radical (unpaired) electrons. The van der Waals surface area contributed by atoms with Gasteiger partial charge in [0.25, 0.3) is 0 Å². The van der Waals surface area contributed by atoms with Crippen LogP contribution in [-0.4, -0.2) is 4.98 Å². The summed E-state index contributed by atoms with van der Waals surface area (Å²) in [4.78, 5) is 4.00. The van der Waals surface area contributed by atoms with Gasteiger partial charge in [-0.05, 0) is 36.6 Å². The summed E-state index contributed by atoms with van der Waals surface area (Å²) in [5.41, 5.74) is 5.66. The molecular weight excluding hydrogens is 241 g/mol. The van der Waals surface area contributed by atoms with Crippen molar-refractivity contribution >= 4 is 10.9 Å². The molecule has 0 unspecified atom stereocenters. The Kier molecular flexibility index (Phi) is 2.20. The van der Waals surface area contributed by atoms with E-state index in [4.69, 9.17) is 5.73 Å². The number of hydrogen-bond acceptors (Lipinski definition) is 2. The van der Waals surface area contributed by atoms with E-state index in [1.165, 1.54) is 6.20 Å². The van der Waals surface area contributed by atoms with Gasteiger partial charge in [0.1, 0.15) is 0 Å². The third kappa shape index (κ3) is 1.75. The fraction of sp³-hybridized carbons (Fsp3) is 0.308. The van der Waals surface area contributed by atoms with Gasteiger partial charge in [0, 0.05) is 17.1 Å². The summed E-state index contributed by atoms with van der Waals surface area (Å²) in [5.74, 6) is 0. The number of fused-ring (bicyclic) bond motifs is 1. The molecule has 5 heteroatoms. The summed E-state index contributed by atoms with van der Waals surface area (Å²) >= 11 is 0. The summed E-state index contributed by atoms with van der Waals surface area (Å²) in [7, 11) is 0. The van der Waals surface area contributed by atoms with Crippen molar-refractivity contribution in [2.75, 3.05) is 0 Å². The minimum atomic E-state index is -4.37. The number of alkyl halides is 3. The number of aromatic nitrogens is 1. The Labute approximate surface area is 102 Å². The van der Waals surface area contributed by atoms with Gasteiger partial charge in [0.05, 0.1) is 11.1 Å². The van der Waals surface area contributed by atoms with Crippen molar-refractivity contribution in [3.05, 3.63) is 41.6 Å². The first-order chi connectivity index (χ1) is 8.40. The number of benzene rings is 1. The maximum absolute atomic E-state index is 12.8. The van der Waals surface area contributed by atoms with Gasteiger partial charge < -0.3 is 5.73 Å². The smallest absolute Gasteiger partial charge is 0.321 e. The summed E-state index contributed by atoms with van der Waals surface area (Å²) in [6.45, 7) is 0. The van der Waals surface area contributed by atoms with Crippen LogP contribution in [0.15, 0.2) is 30.5 Å². The largest absolute Gasteiger partial charge is 0.416 e. The topological polar surface area (TPSA) is 38.9 Å². The lowest BCUT2D eigenvalue weighted by Crippen LogP contribution is -2.20. The molecule has 1 fully saturated rings. The van der Waals surface area contributed by atoms with Crippen LogP contribution in [0, 0.1) is 0 Å². The third-order valence-electron chi connectivity index (χ3n) is 3.37. The number of nitrogens with zero attached hydrogens (tertiary/aromatic N) is 1. The van der Waals surface area contributed by atoms with E-state index in [9.17, 15) is 13.2 Å². The predicted molar refractivity (Wildman–Crippen MR) is 61.8 cm³/mol. The van der Waals surface area contributed by atoms with Crippen molar-refractivity contribution in [3.63, 3.8) is 0 Å². The second-order valence-electron chi connectivity index (χ2n) is 4.75. The molecule has 1 aliphatic rings. The van der Waals surface area contributed by atoms with Crippen LogP contribution in [0.1, 0.15) is 24.0 Å². The molecule has 3 rings (SSSR count). The molecule has 0 bridgehead atoms. The molecule has 1 aliphatic carbocycles. The van der Waals surface area contributed by atoms with Crippen molar-refractivity contribution in [1.82, 2.24) is 4.98 Å². The first-order valence-electron chi connectivity index (χ1n) is 5.65. The van der Waals surface area contributed by atoms with Crippen LogP contribution < -0.4 is 5.73 Å². The Bertz CT molecular complexity index is 615. The first-order valence-corrected chi connectivity index (χ1v) is 5.65. The molecule has 18 heavy (non-hydrogen) atoms. The summed E-state index contributed by atoms with van der Waals surface area (Å²) in [6.07, 6.45) is -1.44. The lowest BCUT2D eigenvalue weighted by atomic mass is 9.97. The average molecular weight is 252 g/mol. The zero-order chi connectivity index (χ0) is 13.0. The highest BCUT2D eigenvalue weighted by Crippen LogP contribution is 2.46. The van der Waals surface area contributed by atoms with Crippen molar-refractivity contribution in [2.24, 2.45) is 5.73 Å². The molecule has 94 valence electrons. The van der Waals surface area contributed by atoms with Gasteiger partial charge in [-0.1, -0.05) is 6.07 Å². The Balaban J connectivity index is 2.31. The normalized spacial score (nSPS) is 18.0. The van der Waals surface area contributed by atoms with Crippen LogP contribution in [-0.2, 0) is 11.7 Å². The minimum Gasteiger partial charge on any atom is -0.321 e. The van der Waals surface area contributed by atoms with E-state index in [1.54, 1.807) is 12.1 Å². The van der Waals surface area contributed by atoms with Crippen LogP contribution in [0.25, 0.3) is 10.9 Å². The number of rotatable bonds is 1. The highest BCUT2D eigenvalue weighted by atomic mass is 19.4. The van der Waals surface area contributed by atoms with Crippen LogP contribution in [0.4, 0.5) is 13.2 Å². The van der Waals surface area contributed by atoms with Gasteiger partial charge in [0.2, 0.25) is 0 Å². The summed E-state index contributed by atoms with van der Waals surface area (Å²) < 4.78 is 38.5. The molecule has 0 spiro atoms. The summed E-state index contributed by atoms with van der Waals surface area (Å²) in [5, 5.41) is 0.713. The number of hydrogen-bond donors (Lipinski definition) is 1. The molecule has 0 saturated heterocycles. The van der Waals surface area contributed by atoms with E-state index in [1.807, 2.05) is 0 Å². The quantitative estimate of drug-likeness (QED) is 0.846. The maximum atomic E-state index is 12.8. The number of pyridine rings is 1. The molecule has 0 aliphatic heterocycles. The Morgan fingerprint density at radius 2 is 1.94 bits per heavy atom. The summed E-state index contributed by atoms with van der Waals surface area (Å²) in [6, 6.07) is 5.72. The fourth-order valence-corrected chi connectivity index (χ4v) is 2.16. The molecule has 1 saturated carbocycles. The van der Waals surface area contributed by atoms with E-state index in [2.05, 4.69) is 4.98 Å². The van der Waals surface area contributed by atoms with Gasteiger partial charge >= 0.3 is 6.18 Å². The predicted octanol–water partition coefficient (Wildman–Crippen LogP) is 3.20. The maximum Gasteiger partial charge on any atom is 0.416 e. The molecule has 1 heterocycles. The van der Waals surface area contributed by atoms with E-state index in [0.29, 0.717) is 16.5 Å². The SMILES string of the molecule is NC1(c2cc(C(F)(F)F)cc3ncccc23)CC1. The second-order valence-corrected chi connectivity index (χ2v) is 4.75. The van der Waals surface area contributed by atoms with Gasteiger partial charge in [-0.3, -0.25) is 4.98 Å². The van der Waals surface area contributed by atoms with E-state index >= 15 is 0 Å². The van der Waals surface area contributed by atoms with Crippen molar-refractivity contribution in [1.29, 1.82) is 0 Å². The van der Waals surface area contributed by atoms with Crippen molar-refractivity contribution in [3.8, 4) is 0 Å². The van der Waals surface area contributed by atoms with Crippen molar-refractivity contribution in [2.45, 2.75) is 24.6 Å². The monoisotopic (exact) mass is 252 g/mol. The number of halogens is 3. The molecule has 0 amide bonds. The zero-order valence-corrected chi connectivity index (χ0v) is 9.46. The molecule has 1 aromatic carbocycles. The first kappa shape index (κ1) is 11.5. The third-order valence-corrected chi connectivity index (χ3v) is 3.37. The van der Waals surface area contributed by atoms with E-state index < -0.39 is 17.3 Å². The van der Waals surface area contributed by atoms with Gasteiger partial charge in [-0.15, -0.1) is 0 Å². The van der Waals surface area contributed by atoms with Crippen LogP contribution in [0.2, 0.25) is 0 Å². The highest BCUT2D eigenvalue weighted by molar-refractivity contribution is 5.84. The Hall–Kier alpha value is -1.62. The number of nitrogens with two attached hydrogens (primary N) is 1. The average Bonchev–Trinajstić information content (AvgIpc) is 3.06. The van der Waals surface area contributed by atoms with Crippen LogP contribution in [0.5, 0.6) is 0 Å². The molecular formula is C13H11F3N2. The molecule has 2 N–H and O–H groups in total. The molecule has 2 nitrogen and oxygen atoms in total. The minimum absolute atomic E-state index is 0.346. The van der Waals surface area contributed by atoms with Crippen LogP contribution >= 0.6 is 0 Å². The van der Waals surface area contributed by atoms with Crippen LogP contribution in [0.3, 0.4) is 0 Å². The van der Waals surface area contributed by atoms with Gasteiger partial charge in [-0.2, -0.15) is 13.2 Å². The van der Waals surface area contributed by atoms with E-state index in [-0.39, 0.29) is 0 Å². The molecule has 2 aromatic rings. The molecule has 0 atom stereocenters. The Morgan fingerprint density at radius 1 is 1.22 bits per heavy atom. The standard InChI is InChI=1S/C13H11F3N2/c14-13(15,16)8-6-10(12(17)3-4-12)9-2-1-5-18-11(9)7-8/h1-2,5-7H,3-4,17H2. The Morgan fingerprint density at radius 3 is 2.56 bits per heavy atom. The van der Waals surface area contributed by atoms with E-state index in [0.717, 1.165) is 25.0 Å². The lowest BCUT2D eigenvalue weighted by molar-refractivity contribution is -0.137.